The Morgan fingerprint density at radius 3 is 2.80 bits per heavy atom. The summed E-state index contributed by atoms with van der Waals surface area (Å²) in [6.45, 7) is -0.391. The molecule has 0 unspecified atom stereocenters. The summed E-state index contributed by atoms with van der Waals surface area (Å²) in [4.78, 5) is 15.0. The first kappa shape index (κ1) is 13.2. The molecule has 4 N–H and O–H groups in total. The van der Waals surface area contributed by atoms with Crippen LogP contribution in [0, 0.1) is 0 Å². The number of hydrogen-bond acceptors (Lipinski definition) is 8. The van der Waals surface area contributed by atoms with Gasteiger partial charge in [0.2, 0.25) is 5.88 Å². The Morgan fingerprint density at radius 2 is 2.15 bits per heavy atom. The molecule has 3 heterocycles. The summed E-state index contributed by atoms with van der Waals surface area (Å²) in [5, 5.41) is 28.8. The molecule has 0 bridgehead atoms. The summed E-state index contributed by atoms with van der Waals surface area (Å²) in [6, 6.07) is 0. The third kappa shape index (κ3) is 1.91. The van der Waals surface area contributed by atoms with Gasteiger partial charge in [0, 0.05) is 0 Å². The van der Waals surface area contributed by atoms with Gasteiger partial charge in [-0.15, -0.1) is 0 Å². The average Bonchev–Trinajstić information content (AvgIpc) is 3.01. The van der Waals surface area contributed by atoms with E-state index in [0.29, 0.717) is 22.9 Å². The number of hydrogen-bond donors (Lipinski definition) is 4. The molecule has 108 valence electrons. The van der Waals surface area contributed by atoms with Gasteiger partial charge in [-0.1, -0.05) is 0 Å². The summed E-state index contributed by atoms with van der Waals surface area (Å²) in [7, 11) is 1.47. The van der Waals surface area contributed by atoms with Crippen molar-refractivity contribution in [3.05, 3.63) is 12.2 Å². The molecule has 2 aromatic heterocycles. The zero-order valence-electron chi connectivity index (χ0n) is 10.6. The van der Waals surface area contributed by atoms with Crippen molar-refractivity contribution in [1.29, 1.82) is 0 Å². The molecule has 0 aromatic carbocycles. The van der Waals surface area contributed by atoms with Crippen molar-refractivity contribution in [2.24, 2.45) is 0 Å². The van der Waals surface area contributed by atoms with Crippen molar-refractivity contribution < 1.29 is 24.8 Å². The molecular weight excluding hydrogens is 268 g/mol. The van der Waals surface area contributed by atoms with E-state index >= 15 is 0 Å². The minimum absolute atomic E-state index is 0.293. The van der Waals surface area contributed by atoms with Crippen molar-refractivity contribution in [1.82, 2.24) is 19.9 Å². The predicted octanol–water partition coefficient (Wildman–Crippen LogP) is -1.48. The second-order valence-electron chi connectivity index (χ2n) is 4.46. The van der Waals surface area contributed by atoms with E-state index in [1.807, 2.05) is 0 Å². The van der Waals surface area contributed by atoms with E-state index in [0.717, 1.165) is 0 Å². The molecule has 1 aliphatic rings. The first-order chi connectivity index (χ1) is 9.65. The summed E-state index contributed by atoms with van der Waals surface area (Å²) in [5.74, 6) is 0.613. The highest BCUT2D eigenvalue weighted by Crippen LogP contribution is 2.33. The molecule has 9 heteroatoms. The molecule has 0 aliphatic carbocycles. The number of methoxy groups -OCH3 is 1. The Kier molecular flexibility index (Phi) is 3.26. The normalized spacial score (nSPS) is 30.0. The van der Waals surface area contributed by atoms with E-state index in [1.54, 1.807) is 0 Å². The fourth-order valence-electron chi connectivity index (χ4n) is 2.24. The molecule has 2 aromatic rings. The zero-order valence-corrected chi connectivity index (χ0v) is 10.6. The van der Waals surface area contributed by atoms with Crippen LogP contribution in [-0.2, 0) is 4.74 Å². The summed E-state index contributed by atoms with van der Waals surface area (Å²) >= 11 is 0. The van der Waals surface area contributed by atoms with Gasteiger partial charge in [-0.05, 0) is 0 Å². The lowest BCUT2D eigenvalue weighted by Gasteiger charge is -2.11. The molecule has 20 heavy (non-hydrogen) atoms. The number of aromatic nitrogens is 4. The molecule has 0 amide bonds. The minimum Gasteiger partial charge on any atom is -0.479 e. The molecule has 0 spiro atoms. The minimum atomic E-state index is -1.19. The zero-order chi connectivity index (χ0) is 14.3. The second-order valence-corrected chi connectivity index (χ2v) is 4.46. The summed E-state index contributed by atoms with van der Waals surface area (Å²) < 4.78 is 10.5. The number of nitrogens with one attached hydrogen (secondary N) is 1. The SMILES string of the molecule is COc1ncnc2nc([C@@H]3O[C@H](CO)[C@H](O)[C@H]3O)[nH]c12. The lowest BCUT2D eigenvalue weighted by molar-refractivity contribution is -0.0249. The molecule has 1 saturated heterocycles. The third-order valence-corrected chi connectivity index (χ3v) is 3.28. The van der Waals surface area contributed by atoms with Crippen LogP contribution in [0.1, 0.15) is 11.9 Å². The lowest BCUT2D eigenvalue weighted by atomic mass is 10.1. The quantitative estimate of drug-likeness (QED) is 0.535. The number of aliphatic hydroxyl groups is 3. The Hall–Kier alpha value is -1.81. The number of fused-ring (bicyclic) bond motifs is 1. The number of aromatic amines is 1. The van der Waals surface area contributed by atoms with Crippen LogP contribution in [0.3, 0.4) is 0 Å². The van der Waals surface area contributed by atoms with Crippen molar-refractivity contribution in [3.8, 4) is 5.88 Å². The maximum Gasteiger partial charge on any atom is 0.242 e. The average molecular weight is 282 g/mol. The topological polar surface area (TPSA) is 134 Å². The van der Waals surface area contributed by atoms with Crippen LogP contribution in [0.25, 0.3) is 11.2 Å². The first-order valence-corrected chi connectivity index (χ1v) is 6.02. The molecule has 4 atom stereocenters. The lowest BCUT2D eigenvalue weighted by Crippen LogP contribution is -2.32. The fourth-order valence-corrected chi connectivity index (χ4v) is 2.24. The molecule has 9 nitrogen and oxygen atoms in total. The summed E-state index contributed by atoms with van der Waals surface area (Å²) in [5.41, 5.74) is 0.840. The molecule has 3 rings (SSSR count). The Bertz CT molecular complexity index is 618. The van der Waals surface area contributed by atoms with Crippen molar-refractivity contribution in [2.75, 3.05) is 13.7 Å². The maximum atomic E-state index is 9.95. The van der Waals surface area contributed by atoms with E-state index < -0.39 is 31.0 Å². The smallest absolute Gasteiger partial charge is 0.242 e. The van der Waals surface area contributed by atoms with Crippen LogP contribution in [-0.4, -0.2) is 67.3 Å². The van der Waals surface area contributed by atoms with Gasteiger partial charge in [0.15, 0.2) is 5.65 Å². The highest BCUT2D eigenvalue weighted by molar-refractivity contribution is 5.75. The van der Waals surface area contributed by atoms with Crippen LogP contribution in [0.4, 0.5) is 0 Å². The van der Waals surface area contributed by atoms with Gasteiger partial charge in [0.1, 0.15) is 42.1 Å². The van der Waals surface area contributed by atoms with Crippen LogP contribution in [0.5, 0.6) is 5.88 Å². The van der Waals surface area contributed by atoms with Gasteiger partial charge in [0.05, 0.1) is 13.7 Å². The second kappa shape index (κ2) is 4.94. The van der Waals surface area contributed by atoms with Gasteiger partial charge in [-0.3, -0.25) is 0 Å². The molecule has 1 aliphatic heterocycles. The Labute approximate surface area is 113 Å². The van der Waals surface area contributed by atoms with Crippen molar-refractivity contribution in [3.63, 3.8) is 0 Å². The Balaban J connectivity index is 1.99. The standard InChI is InChI=1S/C11H14N4O5/c1-19-11-5-9(12-3-13-11)15-10(14-5)8-7(18)6(17)4(2-16)20-8/h3-4,6-8,16-18H,2H2,1H3,(H,12,13,14,15)/t4-,6+,7-,8-/m1/s1. The molecular formula is C11H14N4O5. The molecule has 0 saturated carbocycles. The number of ether oxygens (including phenoxy) is 2. The number of aliphatic hydroxyl groups excluding tert-OH is 3. The van der Waals surface area contributed by atoms with Gasteiger partial charge in [0.25, 0.3) is 0 Å². The van der Waals surface area contributed by atoms with Gasteiger partial charge in [-0.2, -0.15) is 4.98 Å². The van der Waals surface area contributed by atoms with E-state index in [4.69, 9.17) is 14.6 Å². The highest BCUT2D eigenvalue weighted by Gasteiger charge is 2.44. The van der Waals surface area contributed by atoms with E-state index in [9.17, 15) is 10.2 Å². The number of imidazole rings is 1. The molecule has 1 fully saturated rings. The molecule has 0 radical (unpaired) electrons. The predicted molar refractivity (Wildman–Crippen MR) is 64.9 cm³/mol. The fraction of sp³-hybridized carbons (Fsp3) is 0.545. The van der Waals surface area contributed by atoms with Crippen LogP contribution >= 0.6 is 0 Å². The Morgan fingerprint density at radius 1 is 1.35 bits per heavy atom. The number of nitrogens with zero attached hydrogens (tertiary/aromatic N) is 3. The summed E-state index contributed by atoms with van der Waals surface area (Å²) in [6.07, 6.45) is -2.78. The van der Waals surface area contributed by atoms with E-state index in [-0.39, 0.29) is 0 Å². The maximum absolute atomic E-state index is 9.95. The van der Waals surface area contributed by atoms with Gasteiger partial charge >= 0.3 is 0 Å². The van der Waals surface area contributed by atoms with Gasteiger partial charge in [-0.25, -0.2) is 9.97 Å². The highest BCUT2D eigenvalue weighted by atomic mass is 16.6. The monoisotopic (exact) mass is 282 g/mol. The van der Waals surface area contributed by atoms with Crippen LogP contribution in [0.2, 0.25) is 0 Å². The number of H-pyrrole nitrogens is 1. The van der Waals surface area contributed by atoms with Gasteiger partial charge < -0.3 is 29.8 Å². The van der Waals surface area contributed by atoms with Crippen LogP contribution in [0.15, 0.2) is 6.33 Å². The van der Waals surface area contributed by atoms with E-state index in [2.05, 4.69) is 19.9 Å². The number of rotatable bonds is 3. The largest absolute Gasteiger partial charge is 0.479 e. The third-order valence-electron chi connectivity index (χ3n) is 3.28. The van der Waals surface area contributed by atoms with Crippen molar-refractivity contribution >= 4 is 11.2 Å². The first-order valence-electron chi connectivity index (χ1n) is 6.02. The van der Waals surface area contributed by atoms with Crippen LogP contribution < -0.4 is 4.74 Å². The van der Waals surface area contributed by atoms with Crippen molar-refractivity contribution in [2.45, 2.75) is 24.4 Å². The van der Waals surface area contributed by atoms with E-state index in [1.165, 1.54) is 13.4 Å².